The zero-order valence-corrected chi connectivity index (χ0v) is 19.9. The number of aliphatic hydroxyl groups is 1. The van der Waals surface area contributed by atoms with E-state index in [0.29, 0.717) is 19.4 Å². The molecule has 0 aliphatic carbocycles. The Morgan fingerprint density at radius 1 is 0.935 bits per heavy atom. The number of nitrogens with two attached hydrogens (primary N) is 1. The number of benzene rings is 1. The van der Waals surface area contributed by atoms with Gasteiger partial charge in [0.15, 0.2) is 0 Å². The summed E-state index contributed by atoms with van der Waals surface area (Å²) in [6.45, 7) is 4.77. The van der Waals surface area contributed by atoms with Crippen LogP contribution >= 0.6 is 0 Å². The Bertz CT molecular complexity index is 551. The van der Waals surface area contributed by atoms with Crippen molar-refractivity contribution >= 4 is 5.91 Å². The van der Waals surface area contributed by atoms with Crippen LogP contribution in [-0.4, -0.2) is 29.4 Å². The minimum Gasteiger partial charge on any atom is -0.377 e. The van der Waals surface area contributed by atoms with Crippen molar-refractivity contribution in [2.24, 2.45) is 5.73 Å². The molecule has 4 N–H and O–H groups in total. The number of nitrogens with one attached hydrogen (secondary N) is 1. The summed E-state index contributed by atoms with van der Waals surface area (Å²) < 4.78 is 6.12. The number of carbonyl (C=O) groups excluding carboxylic acids is 1. The smallest absolute Gasteiger partial charge is 0.222 e. The first kappa shape index (κ1) is 27.6. The molecule has 5 nitrogen and oxygen atoms in total. The van der Waals surface area contributed by atoms with E-state index in [4.69, 9.17) is 10.5 Å². The van der Waals surface area contributed by atoms with Gasteiger partial charge in [-0.15, -0.1) is 0 Å². The lowest BCUT2D eigenvalue weighted by Gasteiger charge is -2.23. The fraction of sp³-hybridized carbons (Fsp3) is 0.731. The van der Waals surface area contributed by atoms with E-state index in [2.05, 4.69) is 12.2 Å². The zero-order valence-electron chi connectivity index (χ0n) is 19.9. The highest BCUT2D eigenvalue weighted by Gasteiger charge is 2.20. The van der Waals surface area contributed by atoms with Gasteiger partial charge in [0.25, 0.3) is 0 Å². The summed E-state index contributed by atoms with van der Waals surface area (Å²) in [6.07, 6.45) is 13.0. The standard InChI is InChI=1S/C26H46N2O3/c1-3-5-6-7-8-9-10-11-15-19-23(31-21-22-17-13-12-14-18-22)20-25(29)28-24(16-4-2)26(27)30/h12-14,17-18,23-24,26,30H,3-11,15-16,19-21,27H2,1-2H3,(H,28,29)/t23-,24?,26?/m1/s1. The van der Waals surface area contributed by atoms with Gasteiger partial charge in [-0.1, -0.05) is 108 Å². The average molecular weight is 435 g/mol. The molecule has 0 heterocycles. The molecular formula is C26H46N2O3. The van der Waals surface area contributed by atoms with Gasteiger partial charge in [0.1, 0.15) is 6.23 Å². The zero-order chi connectivity index (χ0) is 22.7. The number of amides is 1. The maximum Gasteiger partial charge on any atom is 0.222 e. The number of carbonyl (C=O) groups is 1. The Kier molecular flexibility index (Phi) is 16.2. The Hall–Kier alpha value is -1.43. The molecule has 5 heteroatoms. The largest absolute Gasteiger partial charge is 0.377 e. The second-order valence-electron chi connectivity index (χ2n) is 8.69. The first-order valence-electron chi connectivity index (χ1n) is 12.4. The Morgan fingerprint density at radius 3 is 2.13 bits per heavy atom. The van der Waals surface area contributed by atoms with Gasteiger partial charge in [-0.2, -0.15) is 0 Å². The summed E-state index contributed by atoms with van der Waals surface area (Å²) in [5, 5.41) is 12.6. The molecule has 0 aliphatic rings. The minimum absolute atomic E-state index is 0.100. The van der Waals surface area contributed by atoms with Crippen LogP contribution in [0.15, 0.2) is 30.3 Å². The van der Waals surface area contributed by atoms with Crippen LogP contribution in [0.25, 0.3) is 0 Å². The molecule has 3 atom stereocenters. The van der Waals surface area contributed by atoms with E-state index in [1.165, 1.54) is 51.4 Å². The lowest BCUT2D eigenvalue weighted by Crippen LogP contribution is -2.48. The van der Waals surface area contributed by atoms with Crippen LogP contribution < -0.4 is 11.1 Å². The molecule has 0 saturated carbocycles. The van der Waals surface area contributed by atoms with Gasteiger partial charge in [0.05, 0.1) is 25.2 Å². The first-order chi connectivity index (χ1) is 15.1. The Labute approximate surface area is 190 Å². The van der Waals surface area contributed by atoms with Crippen molar-refractivity contribution in [3.8, 4) is 0 Å². The van der Waals surface area contributed by atoms with Crippen LogP contribution in [0.3, 0.4) is 0 Å². The highest BCUT2D eigenvalue weighted by molar-refractivity contribution is 5.76. The van der Waals surface area contributed by atoms with Gasteiger partial charge in [0.2, 0.25) is 5.91 Å². The van der Waals surface area contributed by atoms with Gasteiger partial charge in [-0.05, 0) is 18.4 Å². The van der Waals surface area contributed by atoms with Crippen molar-refractivity contribution in [1.29, 1.82) is 0 Å². The summed E-state index contributed by atoms with van der Waals surface area (Å²) in [5.74, 6) is -0.100. The monoisotopic (exact) mass is 434 g/mol. The van der Waals surface area contributed by atoms with Crippen LogP contribution in [-0.2, 0) is 16.1 Å². The number of hydrogen-bond donors (Lipinski definition) is 3. The molecule has 0 fully saturated rings. The van der Waals surface area contributed by atoms with Crippen molar-refractivity contribution in [1.82, 2.24) is 5.32 Å². The summed E-state index contributed by atoms with van der Waals surface area (Å²) in [4.78, 5) is 12.6. The molecule has 31 heavy (non-hydrogen) atoms. The highest BCUT2D eigenvalue weighted by atomic mass is 16.5. The van der Waals surface area contributed by atoms with Crippen LogP contribution in [0.5, 0.6) is 0 Å². The van der Waals surface area contributed by atoms with Gasteiger partial charge < -0.3 is 20.9 Å². The fourth-order valence-electron chi connectivity index (χ4n) is 3.83. The number of hydrogen-bond acceptors (Lipinski definition) is 4. The Balaban J connectivity index is 2.42. The molecule has 2 unspecified atom stereocenters. The molecule has 0 aliphatic heterocycles. The second-order valence-corrected chi connectivity index (χ2v) is 8.69. The van der Waals surface area contributed by atoms with E-state index < -0.39 is 12.3 Å². The van der Waals surface area contributed by atoms with Crippen molar-refractivity contribution in [2.75, 3.05) is 0 Å². The third kappa shape index (κ3) is 14.3. The molecule has 1 aromatic rings. The second kappa shape index (κ2) is 18.2. The van der Waals surface area contributed by atoms with Gasteiger partial charge in [0, 0.05) is 0 Å². The van der Waals surface area contributed by atoms with Gasteiger partial charge in [-0.25, -0.2) is 0 Å². The molecule has 1 amide bonds. The summed E-state index contributed by atoms with van der Waals surface area (Å²) >= 11 is 0. The SMILES string of the molecule is CCCCCCCCCCC[C@H](CC(=O)NC(CCC)C(N)O)OCc1ccccc1. The number of unbranched alkanes of at least 4 members (excludes halogenated alkanes) is 8. The van der Waals surface area contributed by atoms with E-state index >= 15 is 0 Å². The van der Waals surface area contributed by atoms with Crippen LogP contribution in [0.1, 0.15) is 103 Å². The van der Waals surface area contributed by atoms with Gasteiger partial charge in [-0.3, -0.25) is 4.79 Å². The molecule has 178 valence electrons. The fourth-order valence-corrected chi connectivity index (χ4v) is 3.83. The molecular weight excluding hydrogens is 388 g/mol. The highest BCUT2D eigenvalue weighted by Crippen LogP contribution is 2.16. The molecule has 0 saturated heterocycles. The maximum absolute atomic E-state index is 12.6. The van der Waals surface area contributed by atoms with Crippen molar-refractivity contribution in [3.63, 3.8) is 0 Å². The quantitative estimate of drug-likeness (QED) is 0.200. The number of ether oxygens (including phenoxy) is 1. The van der Waals surface area contributed by atoms with E-state index in [1.807, 2.05) is 37.3 Å². The molecule has 1 rings (SSSR count). The maximum atomic E-state index is 12.6. The van der Waals surface area contributed by atoms with Crippen molar-refractivity contribution in [3.05, 3.63) is 35.9 Å². The van der Waals surface area contributed by atoms with Crippen LogP contribution in [0.4, 0.5) is 0 Å². The normalized spacial score (nSPS) is 14.2. The predicted molar refractivity (Wildman–Crippen MR) is 129 cm³/mol. The van der Waals surface area contributed by atoms with Crippen molar-refractivity contribution < 1.29 is 14.6 Å². The van der Waals surface area contributed by atoms with Gasteiger partial charge >= 0.3 is 0 Å². The summed E-state index contributed by atoms with van der Waals surface area (Å²) in [5.41, 5.74) is 6.72. The van der Waals surface area contributed by atoms with Crippen molar-refractivity contribution in [2.45, 2.75) is 122 Å². The summed E-state index contributed by atoms with van der Waals surface area (Å²) in [6, 6.07) is 9.66. The van der Waals surface area contributed by atoms with E-state index in [0.717, 1.165) is 24.8 Å². The van der Waals surface area contributed by atoms with Crippen LogP contribution in [0, 0.1) is 0 Å². The molecule has 0 radical (unpaired) electrons. The minimum atomic E-state index is -1.04. The average Bonchev–Trinajstić information content (AvgIpc) is 2.76. The Morgan fingerprint density at radius 2 is 1.55 bits per heavy atom. The third-order valence-corrected chi connectivity index (χ3v) is 5.73. The van der Waals surface area contributed by atoms with E-state index in [-0.39, 0.29) is 12.0 Å². The molecule has 0 spiro atoms. The number of rotatable bonds is 19. The predicted octanol–water partition coefficient (Wildman–Crippen LogP) is 5.44. The molecule has 1 aromatic carbocycles. The van der Waals surface area contributed by atoms with E-state index in [9.17, 15) is 9.90 Å². The molecule has 0 bridgehead atoms. The van der Waals surface area contributed by atoms with Crippen LogP contribution in [0.2, 0.25) is 0 Å². The first-order valence-corrected chi connectivity index (χ1v) is 12.4. The lowest BCUT2D eigenvalue weighted by molar-refractivity contribution is -0.126. The van der Waals surface area contributed by atoms with E-state index in [1.54, 1.807) is 0 Å². The summed E-state index contributed by atoms with van der Waals surface area (Å²) in [7, 11) is 0. The molecule has 0 aromatic heterocycles. The third-order valence-electron chi connectivity index (χ3n) is 5.73. The number of aliphatic hydroxyl groups excluding tert-OH is 1. The topological polar surface area (TPSA) is 84.6 Å². The lowest BCUT2D eigenvalue weighted by atomic mass is 10.0.